The molecule has 0 saturated heterocycles. The second-order valence-corrected chi connectivity index (χ2v) is 4.72. The zero-order valence-corrected chi connectivity index (χ0v) is 12.6. The van der Waals surface area contributed by atoms with Gasteiger partial charge >= 0.3 is 0 Å². The number of hydrogen-bond donors (Lipinski definition) is 2. The molecule has 2 rings (SSSR count). The van der Waals surface area contributed by atoms with E-state index >= 15 is 0 Å². The van der Waals surface area contributed by atoms with Crippen LogP contribution in [0.5, 0.6) is 0 Å². The van der Waals surface area contributed by atoms with Crippen LogP contribution in [-0.2, 0) is 6.42 Å². The van der Waals surface area contributed by atoms with Crippen molar-refractivity contribution >= 4 is 11.6 Å². The number of nitrogens with zero attached hydrogens (tertiary/aromatic N) is 3. The molecule has 5 heteroatoms. The van der Waals surface area contributed by atoms with E-state index in [-0.39, 0.29) is 0 Å². The van der Waals surface area contributed by atoms with Crippen molar-refractivity contribution in [3.63, 3.8) is 0 Å². The Balaban J connectivity index is 2.00. The van der Waals surface area contributed by atoms with Gasteiger partial charge < -0.3 is 15.0 Å². The van der Waals surface area contributed by atoms with Crippen molar-refractivity contribution in [3.8, 4) is 12.3 Å². The molecule has 2 aromatic heterocycles. The van der Waals surface area contributed by atoms with E-state index in [0.717, 1.165) is 30.3 Å². The molecule has 5 nitrogen and oxygen atoms in total. The second-order valence-electron chi connectivity index (χ2n) is 4.72. The van der Waals surface area contributed by atoms with E-state index < -0.39 is 0 Å². The molecule has 0 amide bonds. The minimum absolute atomic E-state index is 0.472. The van der Waals surface area contributed by atoms with Gasteiger partial charge in [-0.3, -0.25) is 4.99 Å². The van der Waals surface area contributed by atoms with E-state index in [4.69, 9.17) is 6.42 Å². The predicted octanol–water partition coefficient (Wildman–Crippen LogP) is 1.37. The molecule has 2 heterocycles. The first-order valence-electron chi connectivity index (χ1n) is 7.13. The van der Waals surface area contributed by atoms with E-state index in [1.165, 1.54) is 5.56 Å². The van der Waals surface area contributed by atoms with Crippen LogP contribution in [0.15, 0.2) is 29.5 Å². The number of guanidine groups is 1. The standard InChI is InChI=1S/C16H21N5/c1-4-9-18-16(17-5-2)19-10-8-14-12-21-11-6-7-13(3)15(21)20-14/h1,6-7,11-12H,5,8-10H2,2-3H3,(H2,17,18,19). The van der Waals surface area contributed by atoms with Gasteiger partial charge in [0.15, 0.2) is 5.96 Å². The van der Waals surface area contributed by atoms with Crippen molar-refractivity contribution in [1.82, 2.24) is 20.0 Å². The number of rotatable bonds is 5. The quantitative estimate of drug-likeness (QED) is 0.495. The zero-order chi connectivity index (χ0) is 15.1. The molecule has 110 valence electrons. The van der Waals surface area contributed by atoms with Gasteiger partial charge in [0.05, 0.1) is 12.2 Å². The number of hydrogen-bond acceptors (Lipinski definition) is 2. The van der Waals surface area contributed by atoms with Gasteiger partial charge in [0.1, 0.15) is 5.65 Å². The third-order valence-corrected chi connectivity index (χ3v) is 3.07. The van der Waals surface area contributed by atoms with Crippen molar-refractivity contribution in [1.29, 1.82) is 0 Å². The largest absolute Gasteiger partial charge is 0.357 e. The number of aryl methyl sites for hydroxylation is 1. The summed E-state index contributed by atoms with van der Waals surface area (Å²) in [7, 11) is 0. The molecule has 0 aliphatic heterocycles. The number of terminal acetylenes is 1. The molecule has 0 aliphatic carbocycles. The summed E-state index contributed by atoms with van der Waals surface area (Å²) in [6.07, 6.45) is 10.1. The van der Waals surface area contributed by atoms with Crippen LogP contribution < -0.4 is 10.6 Å². The van der Waals surface area contributed by atoms with Crippen molar-refractivity contribution in [2.24, 2.45) is 4.99 Å². The maximum atomic E-state index is 5.24. The molecule has 0 atom stereocenters. The van der Waals surface area contributed by atoms with E-state index in [0.29, 0.717) is 13.1 Å². The third-order valence-electron chi connectivity index (χ3n) is 3.07. The summed E-state index contributed by atoms with van der Waals surface area (Å²) in [5.41, 5.74) is 3.23. The number of pyridine rings is 1. The SMILES string of the molecule is C#CCNC(=NCCc1cn2cccc(C)c2n1)NCC. The van der Waals surface area contributed by atoms with E-state index in [9.17, 15) is 0 Å². The molecule has 21 heavy (non-hydrogen) atoms. The number of nitrogens with one attached hydrogen (secondary N) is 2. The predicted molar refractivity (Wildman–Crippen MR) is 86.4 cm³/mol. The fourth-order valence-corrected chi connectivity index (χ4v) is 2.08. The van der Waals surface area contributed by atoms with Gasteiger partial charge in [-0.1, -0.05) is 12.0 Å². The Morgan fingerprint density at radius 2 is 2.33 bits per heavy atom. The van der Waals surface area contributed by atoms with Gasteiger partial charge in [-0.05, 0) is 25.5 Å². The average Bonchev–Trinajstić information content (AvgIpc) is 2.89. The van der Waals surface area contributed by atoms with Crippen LogP contribution in [-0.4, -0.2) is 35.0 Å². The highest BCUT2D eigenvalue weighted by Crippen LogP contribution is 2.10. The van der Waals surface area contributed by atoms with E-state index in [2.05, 4.69) is 50.1 Å². The molecule has 0 radical (unpaired) electrons. The Morgan fingerprint density at radius 1 is 1.48 bits per heavy atom. The Morgan fingerprint density at radius 3 is 3.05 bits per heavy atom. The van der Waals surface area contributed by atoms with Crippen LogP contribution in [0.4, 0.5) is 0 Å². The Labute approximate surface area is 125 Å². The van der Waals surface area contributed by atoms with Gasteiger partial charge in [-0.2, -0.15) is 0 Å². The lowest BCUT2D eigenvalue weighted by Crippen LogP contribution is -2.37. The normalized spacial score (nSPS) is 11.4. The molecular formula is C16H21N5. The fourth-order valence-electron chi connectivity index (χ4n) is 2.08. The number of imidazole rings is 1. The van der Waals surface area contributed by atoms with Crippen molar-refractivity contribution in [2.45, 2.75) is 20.3 Å². The molecule has 0 fully saturated rings. The lowest BCUT2D eigenvalue weighted by Gasteiger charge is -2.08. The first-order chi connectivity index (χ1) is 10.2. The maximum absolute atomic E-state index is 5.24. The summed E-state index contributed by atoms with van der Waals surface area (Å²) in [6.45, 7) is 6.04. The molecule has 0 aromatic carbocycles. The van der Waals surface area contributed by atoms with E-state index in [1.807, 2.05) is 19.2 Å². The van der Waals surface area contributed by atoms with Crippen molar-refractivity contribution in [2.75, 3.05) is 19.6 Å². The fraction of sp³-hybridized carbons (Fsp3) is 0.375. The summed E-state index contributed by atoms with van der Waals surface area (Å²) < 4.78 is 2.05. The van der Waals surface area contributed by atoms with Crippen LogP contribution in [0.2, 0.25) is 0 Å². The highest BCUT2D eigenvalue weighted by Gasteiger charge is 2.03. The molecule has 0 saturated carbocycles. The molecule has 0 unspecified atom stereocenters. The van der Waals surface area contributed by atoms with Gasteiger partial charge in [0.25, 0.3) is 0 Å². The lowest BCUT2D eigenvalue weighted by molar-refractivity contribution is 0.850. The summed E-state index contributed by atoms with van der Waals surface area (Å²) in [4.78, 5) is 9.13. The minimum Gasteiger partial charge on any atom is -0.357 e. The molecule has 0 bridgehead atoms. The maximum Gasteiger partial charge on any atom is 0.192 e. The van der Waals surface area contributed by atoms with E-state index in [1.54, 1.807) is 0 Å². The number of fused-ring (bicyclic) bond motifs is 1. The summed E-state index contributed by atoms with van der Waals surface area (Å²) >= 11 is 0. The number of aromatic nitrogens is 2. The first-order valence-corrected chi connectivity index (χ1v) is 7.13. The summed E-state index contributed by atoms with van der Waals surface area (Å²) in [5, 5.41) is 6.23. The molecule has 0 spiro atoms. The smallest absolute Gasteiger partial charge is 0.192 e. The molecule has 2 aromatic rings. The number of aliphatic imine (C=N–C) groups is 1. The summed E-state index contributed by atoms with van der Waals surface area (Å²) in [6, 6.07) is 4.09. The van der Waals surface area contributed by atoms with Gasteiger partial charge in [-0.15, -0.1) is 6.42 Å². The van der Waals surface area contributed by atoms with Crippen molar-refractivity contribution < 1.29 is 0 Å². The lowest BCUT2D eigenvalue weighted by atomic mass is 10.3. The van der Waals surface area contributed by atoms with Gasteiger partial charge in [0.2, 0.25) is 0 Å². The average molecular weight is 283 g/mol. The molecule has 2 N–H and O–H groups in total. The van der Waals surface area contributed by atoms with Gasteiger partial charge in [-0.25, -0.2) is 4.98 Å². The first kappa shape index (κ1) is 14.9. The Kier molecular flexibility index (Phi) is 5.22. The van der Waals surface area contributed by atoms with Crippen LogP contribution in [0.3, 0.4) is 0 Å². The summed E-state index contributed by atoms with van der Waals surface area (Å²) in [5.74, 6) is 3.29. The van der Waals surface area contributed by atoms with Crippen LogP contribution in [0.1, 0.15) is 18.2 Å². The molecule has 0 aliphatic rings. The Hall–Kier alpha value is -2.48. The van der Waals surface area contributed by atoms with Crippen LogP contribution in [0.25, 0.3) is 5.65 Å². The van der Waals surface area contributed by atoms with Crippen LogP contribution in [0, 0.1) is 19.3 Å². The monoisotopic (exact) mass is 283 g/mol. The highest BCUT2D eigenvalue weighted by molar-refractivity contribution is 5.79. The minimum atomic E-state index is 0.472. The Bertz CT molecular complexity index is 663. The topological polar surface area (TPSA) is 53.7 Å². The highest BCUT2D eigenvalue weighted by atomic mass is 15.2. The zero-order valence-electron chi connectivity index (χ0n) is 12.6. The third kappa shape index (κ3) is 3.99. The molecular weight excluding hydrogens is 262 g/mol. The van der Waals surface area contributed by atoms with Gasteiger partial charge in [0, 0.05) is 31.9 Å². The second kappa shape index (κ2) is 7.34. The van der Waals surface area contributed by atoms with Crippen LogP contribution >= 0.6 is 0 Å². The van der Waals surface area contributed by atoms with Crippen molar-refractivity contribution in [3.05, 3.63) is 35.8 Å².